The highest BCUT2D eigenvalue weighted by atomic mass is 19.1. The predicted octanol–water partition coefficient (Wildman–Crippen LogP) is 6.95. The van der Waals surface area contributed by atoms with E-state index in [9.17, 15) is 4.39 Å². The van der Waals surface area contributed by atoms with Crippen molar-refractivity contribution in [3.8, 4) is 39.4 Å². The molecule has 0 atom stereocenters. The number of aromatic nitrogens is 6. The van der Waals surface area contributed by atoms with Crippen molar-refractivity contribution in [3.05, 3.63) is 115 Å². The summed E-state index contributed by atoms with van der Waals surface area (Å²) < 4.78 is 20.6. The molecule has 0 fully saturated rings. The molecule has 0 aliphatic heterocycles. The van der Waals surface area contributed by atoms with E-state index in [2.05, 4.69) is 30.1 Å². The number of nitrogens with zero attached hydrogens (tertiary/aromatic N) is 4. The van der Waals surface area contributed by atoms with Crippen molar-refractivity contribution in [1.29, 1.82) is 0 Å². The number of ether oxygens (including phenoxy) is 1. The lowest BCUT2D eigenvalue weighted by atomic mass is 10.0. The van der Waals surface area contributed by atoms with E-state index < -0.39 is 0 Å². The normalized spacial score (nSPS) is 11.3. The van der Waals surface area contributed by atoms with E-state index in [1.807, 2.05) is 54.6 Å². The van der Waals surface area contributed by atoms with Crippen LogP contribution in [0.5, 0.6) is 5.75 Å². The third kappa shape index (κ3) is 4.27. The monoisotopic (exact) mass is 512 g/mol. The van der Waals surface area contributed by atoms with Gasteiger partial charge in [-0.3, -0.25) is 15.1 Å². The van der Waals surface area contributed by atoms with Gasteiger partial charge >= 0.3 is 0 Å². The Morgan fingerprint density at radius 1 is 0.744 bits per heavy atom. The van der Waals surface area contributed by atoms with Crippen molar-refractivity contribution < 1.29 is 9.13 Å². The van der Waals surface area contributed by atoms with E-state index in [1.165, 1.54) is 6.07 Å². The summed E-state index contributed by atoms with van der Waals surface area (Å²) in [6.45, 7) is 0.458. The van der Waals surface area contributed by atoms with E-state index in [1.54, 1.807) is 43.1 Å². The molecule has 188 valence electrons. The summed E-state index contributed by atoms with van der Waals surface area (Å²) >= 11 is 0. The fourth-order valence-corrected chi connectivity index (χ4v) is 4.74. The summed E-state index contributed by atoms with van der Waals surface area (Å²) in [7, 11) is 0. The summed E-state index contributed by atoms with van der Waals surface area (Å²) in [6.07, 6.45) is 8.68. The molecule has 0 aliphatic carbocycles. The summed E-state index contributed by atoms with van der Waals surface area (Å²) in [4.78, 5) is 16.7. The Labute approximate surface area is 222 Å². The Kier molecular flexibility index (Phi) is 5.55. The van der Waals surface area contributed by atoms with Crippen molar-refractivity contribution in [2.45, 2.75) is 6.61 Å². The van der Waals surface area contributed by atoms with Gasteiger partial charge in [-0.15, -0.1) is 0 Å². The number of pyridine rings is 3. The van der Waals surface area contributed by atoms with Crippen molar-refractivity contribution in [3.63, 3.8) is 0 Å². The first kappa shape index (κ1) is 22.8. The van der Waals surface area contributed by atoms with E-state index in [0.717, 1.165) is 38.7 Å². The Hall–Kier alpha value is -5.37. The molecule has 2 N–H and O–H groups in total. The molecule has 0 bridgehead atoms. The first-order valence-electron chi connectivity index (χ1n) is 12.4. The van der Waals surface area contributed by atoms with Gasteiger partial charge in [0, 0.05) is 51.6 Å². The second-order valence-electron chi connectivity index (χ2n) is 9.19. The average Bonchev–Trinajstić information content (AvgIpc) is 3.61. The lowest BCUT2D eigenvalue weighted by Crippen LogP contribution is -1.96. The molecule has 39 heavy (non-hydrogen) atoms. The predicted molar refractivity (Wildman–Crippen MR) is 148 cm³/mol. The number of H-pyrrole nitrogens is 2. The molecule has 0 saturated carbocycles. The van der Waals surface area contributed by atoms with Crippen LogP contribution < -0.4 is 4.74 Å². The van der Waals surface area contributed by atoms with Crippen LogP contribution in [-0.4, -0.2) is 30.1 Å². The van der Waals surface area contributed by atoms with Crippen LogP contribution in [0, 0.1) is 5.82 Å². The minimum Gasteiger partial charge on any atom is -0.487 e. The fraction of sp³-hybridized carbons (Fsp3) is 0.0323. The van der Waals surface area contributed by atoms with Crippen LogP contribution in [0.15, 0.2) is 104 Å². The standard InChI is InChI=1S/C31H21FN6O/c32-27-9-5-4-8-23(27)26-16-34-17-29-24(26)12-28(36-29)30-25-11-21(14-35-31(25)38-37-30)20-10-22(15-33-13-20)39-18-19-6-2-1-3-7-19/h1-17,36H,18H2,(H,35,37,38). The number of fused-ring (bicyclic) bond motifs is 2. The Balaban J connectivity index is 1.25. The van der Waals surface area contributed by atoms with Gasteiger partial charge in [0.1, 0.15) is 23.9 Å². The molecule has 5 aromatic heterocycles. The molecule has 0 aliphatic rings. The van der Waals surface area contributed by atoms with Gasteiger partial charge in [0.2, 0.25) is 0 Å². The zero-order chi connectivity index (χ0) is 26.2. The number of hydrogen-bond donors (Lipinski definition) is 2. The van der Waals surface area contributed by atoms with Gasteiger partial charge in [-0.2, -0.15) is 5.10 Å². The van der Waals surface area contributed by atoms with Crippen LogP contribution in [0.3, 0.4) is 0 Å². The molecule has 0 saturated heterocycles. The maximum absolute atomic E-state index is 14.6. The minimum absolute atomic E-state index is 0.294. The number of rotatable bonds is 6. The fourth-order valence-electron chi connectivity index (χ4n) is 4.74. The second kappa shape index (κ2) is 9.50. The number of aromatic amines is 2. The van der Waals surface area contributed by atoms with Crippen LogP contribution in [-0.2, 0) is 6.61 Å². The number of halogens is 1. The summed E-state index contributed by atoms with van der Waals surface area (Å²) in [6, 6.07) is 22.7. The van der Waals surface area contributed by atoms with Crippen molar-refractivity contribution in [1.82, 2.24) is 30.1 Å². The van der Waals surface area contributed by atoms with E-state index in [0.29, 0.717) is 34.8 Å². The Morgan fingerprint density at radius 3 is 2.46 bits per heavy atom. The molecule has 0 radical (unpaired) electrons. The molecule has 7 aromatic rings. The van der Waals surface area contributed by atoms with E-state index >= 15 is 0 Å². The van der Waals surface area contributed by atoms with Crippen molar-refractivity contribution in [2.24, 2.45) is 0 Å². The molecule has 0 spiro atoms. The largest absolute Gasteiger partial charge is 0.487 e. The SMILES string of the molecule is Fc1ccccc1-c1cncc2[nH]c(-c3n[nH]c4ncc(-c5cncc(OCc6ccccc6)c5)cc34)cc12. The quantitative estimate of drug-likeness (QED) is 0.252. The van der Waals surface area contributed by atoms with Crippen molar-refractivity contribution in [2.75, 3.05) is 0 Å². The average molecular weight is 513 g/mol. The van der Waals surface area contributed by atoms with Crippen LogP contribution >= 0.6 is 0 Å². The second-order valence-corrected chi connectivity index (χ2v) is 9.19. The summed E-state index contributed by atoms with van der Waals surface area (Å²) in [5, 5.41) is 9.26. The first-order chi connectivity index (χ1) is 19.2. The smallest absolute Gasteiger partial charge is 0.155 e. The molecule has 0 amide bonds. The number of benzene rings is 2. The van der Waals surface area contributed by atoms with Crippen LogP contribution in [0.2, 0.25) is 0 Å². The first-order valence-corrected chi connectivity index (χ1v) is 12.4. The van der Waals surface area contributed by atoms with Gasteiger partial charge in [-0.1, -0.05) is 48.5 Å². The maximum Gasteiger partial charge on any atom is 0.155 e. The molecule has 8 heteroatoms. The highest BCUT2D eigenvalue weighted by Gasteiger charge is 2.16. The zero-order valence-electron chi connectivity index (χ0n) is 20.6. The lowest BCUT2D eigenvalue weighted by molar-refractivity contribution is 0.305. The highest BCUT2D eigenvalue weighted by Crippen LogP contribution is 2.35. The highest BCUT2D eigenvalue weighted by molar-refractivity contribution is 6.00. The number of hydrogen-bond acceptors (Lipinski definition) is 5. The molecular weight excluding hydrogens is 491 g/mol. The summed E-state index contributed by atoms with van der Waals surface area (Å²) in [5.74, 6) is 0.379. The van der Waals surface area contributed by atoms with Crippen LogP contribution in [0.25, 0.3) is 55.6 Å². The molecule has 7 rings (SSSR count). The Bertz CT molecular complexity index is 1950. The van der Waals surface area contributed by atoms with Gasteiger partial charge in [-0.05, 0) is 29.8 Å². The third-order valence-corrected chi connectivity index (χ3v) is 6.68. The van der Waals surface area contributed by atoms with Crippen LogP contribution in [0.4, 0.5) is 4.39 Å². The van der Waals surface area contributed by atoms with Crippen molar-refractivity contribution >= 4 is 21.9 Å². The third-order valence-electron chi connectivity index (χ3n) is 6.68. The van der Waals surface area contributed by atoms with E-state index in [4.69, 9.17) is 4.74 Å². The zero-order valence-corrected chi connectivity index (χ0v) is 20.6. The van der Waals surface area contributed by atoms with Crippen LogP contribution in [0.1, 0.15) is 5.56 Å². The van der Waals surface area contributed by atoms with Gasteiger partial charge in [0.25, 0.3) is 0 Å². The van der Waals surface area contributed by atoms with Gasteiger partial charge < -0.3 is 9.72 Å². The van der Waals surface area contributed by atoms with Gasteiger partial charge in [0.05, 0.1) is 23.6 Å². The van der Waals surface area contributed by atoms with Gasteiger partial charge in [-0.25, -0.2) is 9.37 Å². The topological polar surface area (TPSA) is 92.4 Å². The maximum atomic E-state index is 14.6. The van der Waals surface area contributed by atoms with Gasteiger partial charge in [0.15, 0.2) is 5.65 Å². The Morgan fingerprint density at radius 2 is 1.56 bits per heavy atom. The van der Waals surface area contributed by atoms with E-state index in [-0.39, 0.29) is 5.82 Å². The number of nitrogens with one attached hydrogen (secondary N) is 2. The molecule has 5 heterocycles. The molecule has 7 nitrogen and oxygen atoms in total. The minimum atomic E-state index is -0.294. The molecular formula is C31H21FN6O. The molecule has 0 unspecified atom stereocenters. The lowest BCUT2D eigenvalue weighted by Gasteiger charge is -2.08. The summed E-state index contributed by atoms with van der Waals surface area (Å²) in [5.41, 5.74) is 6.99. The molecule has 2 aromatic carbocycles.